The second-order valence-corrected chi connectivity index (χ2v) is 5.78. The van der Waals surface area contributed by atoms with Gasteiger partial charge in [-0.2, -0.15) is 0 Å². The first-order valence-corrected chi connectivity index (χ1v) is 7.65. The first kappa shape index (κ1) is 13.5. The zero-order chi connectivity index (χ0) is 13.9. The number of ether oxygens (including phenoxy) is 1. The van der Waals surface area contributed by atoms with E-state index < -0.39 is 0 Å². The van der Waals surface area contributed by atoms with Gasteiger partial charge in [-0.3, -0.25) is 4.79 Å². The monoisotopic (exact) mass is 291 g/mol. The summed E-state index contributed by atoms with van der Waals surface area (Å²) in [7, 11) is 1.40. The number of carbonyl (C=O) groups excluding carboxylic acids is 1. The summed E-state index contributed by atoms with van der Waals surface area (Å²) in [5.41, 5.74) is 2.02. The smallest absolute Gasteiger partial charge is 0.316 e. The molecule has 1 fully saturated rings. The Morgan fingerprint density at radius 3 is 3.15 bits per heavy atom. The average Bonchev–Trinajstić information content (AvgIpc) is 3.23. The quantitative estimate of drug-likeness (QED) is 0.650. The van der Waals surface area contributed by atoms with Crippen LogP contribution in [0.4, 0.5) is 0 Å². The van der Waals surface area contributed by atoms with Crippen LogP contribution in [0.5, 0.6) is 0 Å². The number of fused-ring (bicyclic) bond motifs is 1. The van der Waals surface area contributed by atoms with E-state index in [1.165, 1.54) is 31.7 Å². The van der Waals surface area contributed by atoms with Crippen molar-refractivity contribution in [1.82, 2.24) is 14.7 Å². The maximum atomic E-state index is 11.3. The molecule has 0 radical (unpaired) electrons. The van der Waals surface area contributed by atoms with Crippen LogP contribution in [0.3, 0.4) is 0 Å². The van der Waals surface area contributed by atoms with Crippen LogP contribution >= 0.6 is 11.8 Å². The summed E-state index contributed by atoms with van der Waals surface area (Å²) in [6.45, 7) is 0.777. The van der Waals surface area contributed by atoms with E-state index in [1.807, 2.05) is 24.4 Å². The summed E-state index contributed by atoms with van der Waals surface area (Å²) in [6, 6.07) is 6.57. The Hall–Kier alpha value is -1.53. The molecule has 0 aliphatic heterocycles. The van der Waals surface area contributed by atoms with E-state index in [-0.39, 0.29) is 11.7 Å². The number of hydrogen-bond acceptors (Lipinski definition) is 5. The van der Waals surface area contributed by atoms with E-state index in [0.717, 1.165) is 22.9 Å². The lowest BCUT2D eigenvalue weighted by Crippen LogP contribution is -2.17. The third-order valence-electron chi connectivity index (χ3n) is 3.28. The molecule has 0 bridgehead atoms. The van der Waals surface area contributed by atoms with Crippen molar-refractivity contribution in [3.05, 3.63) is 30.1 Å². The highest BCUT2D eigenvalue weighted by Crippen LogP contribution is 2.25. The maximum Gasteiger partial charge on any atom is 0.316 e. The maximum absolute atomic E-state index is 11.3. The Bertz CT molecular complexity index is 622. The molecule has 1 aliphatic rings. The number of thioether (sulfide) groups is 1. The standard InChI is InChI=1S/C14H17N3O2S/c1-19-13(18)9-20-14-11(8-15-10-5-6-10)17-7-3-2-4-12(17)16-14/h2-4,7,10,15H,5-6,8-9H2,1H3. The van der Waals surface area contributed by atoms with E-state index in [9.17, 15) is 4.79 Å². The number of carbonyl (C=O) groups is 1. The molecule has 0 saturated heterocycles. The molecule has 3 rings (SSSR count). The van der Waals surface area contributed by atoms with Gasteiger partial charge in [0.2, 0.25) is 0 Å². The van der Waals surface area contributed by atoms with Crippen LogP contribution < -0.4 is 5.32 Å². The number of rotatable bonds is 6. The first-order valence-electron chi connectivity index (χ1n) is 6.67. The number of imidazole rings is 1. The summed E-state index contributed by atoms with van der Waals surface area (Å²) in [6.07, 6.45) is 4.51. The fourth-order valence-electron chi connectivity index (χ4n) is 2.02. The van der Waals surface area contributed by atoms with E-state index in [1.54, 1.807) is 0 Å². The molecule has 1 aliphatic carbocycles. The van der Waals surface area contributed by atoms with Gasteiger partial charge in [0.05, 0.1) is 18.6 Å². The van der Waals surface area contributed by atoms with Crippen molar-refractivity contribution >= 4 is 23.4 Å². The SMILES string of the molecule is COC(=O)CSc1nc2ccccn2c1CNC1CC1. The van der Waals surface area contributed by atoms with Crippen LogP contribution in [0.2, 0.25) is 0 Å². The van der Waals surface area contributed by atoms with Gasteiger partial charge < -0.3 is 14.5 Å². The average molecular weight is 291 g/mol. The molecule has 0 amide bonds. The minimum absolute atomic E-state index is 0.229. The number of aromatic nitrogens is 2. The third-order valence-corrected chi connectivity index (χ3v) is 4.26. The lowest BCUT2D eigenvalue weighted by molar-refractivity contribution is -0.137. The van der Waals surface area contributed by atoms with Crippen LogP contribution in [0, 0.1) is 0 Å². The van der Waals surface area contributed by atoms with Gasteiger partial charge in [-0.05, 0) is 25.0 Å². The molecule has 2 heterocycles. The molecule has 0 atom stereocenters. The van der Waals surface area contributed by atoms with Crippen molar-refractivity contribution in [2.75, 3.05) is 12.9 Å². The lowest BCUT2D eigenvalue weighted by Gasteiger charge is -2.05. The minimum Gasteiger partial charge on any atom is -0.468 e. The molecule has 106 valence electrons. The zero-order valence-corrected chi connectivity index (χ0v) is 12.2. The molecular formula is C14H17N3O2S. The van der Waals surface area contributed by atoms with Gasteiger partial charge in [-0.15, -0.1) is 0 Å². The molecule has 1 N–H and O–H groups in total. The topological polar surface area (TPSA) is 55.6 Å². The van der Waals surface area contributed by atoms with Crippen LogP contribution in [-0.2, 0) is 16.1 Å². The van der Waals surface area contributed by atoms with Gasteiger partial charge in [0.15, 0.2) is 0 Å². The van der Waals surface area contributed by atoms with Gasteiger partial charge in [0.1, 0.15) is 10.7 Å². The molecule has 0 aromatic carbocycles. The highest BCUT2D eigenvalue weighted by atomic mass is 32.2. The number of nitrogens with one attached hydrogen (secondary N) is 1. The third kappa shape index (κ3) is 2.96. The Kier molecular flexibility index (Phi) is 3.93. The van der Waals surface area contributed by atoms with Crippen molar-refractivity contribution in [2.24, 2.45) is 0 Å². The largest absolute Gasteiger partial charge is 0.468 e. The summed E-state index contributed by atoms with van der Waals surface area (Å²) >= 11 is 1.43. The summed E-state index contributed by atoms with van der Waals surface area (Å²) in [4.78, 5) is 15.9. The van der Waals surface area contributed by atoms with Gasteiger partial charge in [0, 0.05) is 18.8 Å². The van der Waals surface area contributed by atoms with Gasteiger partial charge in [0.25, 0.3) is 0 Å². The summed E-state index contributed by atoms with van der Waals surface area (Å²) in [5, 5.41) is 4.40. The minimum atomic E-state index is -0.229. The van der Waals surface area contributed by atoms with Crippen molar-refractivity contribution in [3.63, 3.8) is 0 Å². The van der Waals surface area contributed by atoms with Crippen LogP contribution in [0.25, 0.3) is 5.65 Å². The predicted octanol–water partition coefficient (Wildman–Crippen LogP) is 1.85. The second-order valence-electron chi connectivity index (χ2n) is 4.81. The van der Waals surface area contributed by atoms with Crippen molar-refractivity contribution in [3.8, 4) is 0 Å². The van der Waals surface area contributed by atoms with Gasteiger partial charge in [-0.25, -0.2) is 4.98 Å². The molecule has 1 saturated carbocycles. The molecule has 0 unspecified atom stereocenters. The number of methoxy groups -OCH3 is 1. The molecule has 0 spiro atoms. The summed E-state index contributed by atoms with van der Waals surface area (Å²) < 4.78 is 6.76. The Morgan fingerprint density at radius 2 is 2.40 bits per heavy atom. The number of nitrogens with zero attached hydrogens (tertiary/aromatic N) is 2. The number of hydrogen-bond donors (Lipinski definition) is 1. The van der Waals surface area contributed by atoms with Crippen molar-refractivity contribution in [2.45, 2.75) is 30.5 Å². The molecule has 6 heteroatoms. The van der Waals surface area contributed by atoms with E-state index >= 15 is 0 Å². The Morgan fingerprint density at radius 1 is 1.55 bits per heavy atom. The van der Waals surface area contributed by atoms with E-state index in [0.29, 0.717) is 6.04 Å². The normalized spacial score (nSPS) is 14.7. The van der Waals surface area contributed by atoms with Crippen LogP contribution in [0.15, 0.2) is 29.4 Å². The zero-order valence-electron chi connectivity index (χ0n) is 11.3. The van der Waals surface area contributed by atoms with E-state index in [2.05, 4.69) is 19.4 Å². The lowest BCUT2D eigenvalue weighted by atomic mass is 10.4. The fraction of sp³-hybridized carbons (Fsp3) is 0.429. The molecule has 20 heavy (non-hydrogen) atoms. The van der Waals surface area contributed by atoms with Crippen molar-refractivity contribution in [1.29, 1.82) is 0 Å². The first-order chi connectivity index (χ1) is 9.78. The van der Waals surface area contributed by atoms with Crippen LogP contribution in [-0.4, -0.2) is 34.3 Å². The number of pyridine rings is 1. The Labute approximate surface area is 121 Å². The van der Waals surface area contributed by atoms with Crippen LogP contribution in [0.1, 0.15) is 18.5 Å². The predicted molar refractivity (Wildman–Crippen MR) is 77.8 cm³/mol. The van der Waals surface area contributed by atoms with Crippen molar-refractivity contribution < 1.29 is 9.53 Å². The molecular weight excluding hydrogens is 274 g/mol. The second kappa shape index (κ2) is 5.85. The number of esters is 1. The Balaban J connectivity index is 1.83. The molecule has 2 aromatic rings. The molecule has 2 aromatic heterocycles. The highest BCUT2D eigenvalue weighted by molar-refractivity contribution is 7.99. The fourth-order valence-corrected chi connectivity index (χ4v) is 2.88. The summed E-state index contributed by atoms with van der Waals surface area (Å²) in [5.74, 6) is 0.0599. The van der Waals surface area contributed by atoms with Gasteiger partial charge in [-0.1, -0.05) is 17.8 Å². The van der Waals surface area contributed by atoms with Gasteiger partial charge >= 0.3 is 5.97 Å². The highest BCUT2D eigenvalue weighted by Gasteiger charge is 2.22. The molecule has 5 nitrogen and oxygen atoms in total. The van der Waals surface area contributed by atoms with E-state index in [4.69, 9.17) is 0 Å².